The molecule has 0 fully saturated rings. The molecule has 2 aromatic rings. The predicted octanol–water partition coefficient (Wildman–Crippen LogP) is 6.29. The molecule has 2 aliphatic rings. The van der Waals surface area contributed by atoms with Crippen molar-refractivity contribution in [3.63, 3.8) is 0 Å². The van der Waals surface area contributed by atoms with Gasteiger partial charge in [0.05, 0.1) is 0 Å². The molecule has 1 heterocycles. The minimum Gasteiger partial charge on any atom is -0.508 e. The van der Waals surface area contributed by atoms with Gasteiger partial charge in [0.25, 0.3) is 0 Å². The van der Waals surface area contributed by atoms with E-state index in [1.807, 2.05) is 24.3 Å². The van der Waals surface area contributed by atoms with Crippen molar-refractivity contribution < 1.29 is 14.6 Å². The van der Waals surface area contributed by atoms with E-state index in [4.69, 9.17) is 4.74 Å². The number of benzene rings is 2. The number of anilines is 1. The quantitative estimate of drug-likeness (QED) is 0.575. The monoisotopic (exact) mass is 419 g/mol. The number of carbonyl (C=O) groups excluding carboxylic acids is 1. The van der Waals surface area contributed by atoms with Gasteiger partial charge in [0.2, 0.25) is 5.91 Å². The molecule has 0 saturated carbocycles. The van der Waals surface area contributed by atoms with E-state index >= 15 is 0 Å². The molecule has 2 N–H and O–H groups in total. The van der Waals surface area contributed by atoms with Crippen LogP contribution in [0.1, 0.15) is 77.0 Å². The van der Waals surface area contributed by atoms with Crippen LogP contribution in [0.3, 0.4) is 0 Å². The molecule has 1 aliphatic carbocycles. The molecule has 0 bridgehead atoms. The summed E-state index contributed by atoms with van der Waals surface area (Å²) in [6, 6.07) is 11.9. The van der Waals surface area contributed by atoms with Crippen molar-refractivity contribution in [3.05, 3.63) is 64.7 Å². The van der Waals surface area contributed by atoms with E-state index in [9.17, 15) is 9.90 Å². The second kappa shape index (κ2) is 7.44. The smallest absolute Gasteiger partial charge is 0.221 e. The normalized spacial score (nSPS) is 21.9. The van der Waals surface area contributed by atoms with Crippen LogP contribution in [-0.4, -0.2) is 16.6 Å². The number of allylic oxidation sites excluding steroid dienone is 2. The van der Waals surface area contributed by atoms with E-state index in [0.29, 0.717) is 11.7 Å². The number of fused-ring (bicyclic) bond motifs is 3. The number of aromatic hydroxyl groups is 1. The molecule has 0 unspecified atom stereocenters. The molecule has 31 heavy (non-hydrogen) atoms. The van der Waals surface area contributed by atoms with Crippen molar-refractivity contribution in [2.24, 2.45) is 5.92 Å². The summed E-state index contributed by atoms with van der Waals surface area (Å²) in [5, 5.41) is 14.0. The number of phenols is 1. The molecule has 2 atom stereocenters. The molecular weight excluding hydrogens is 386 g/mol. The highest BCUT2D eigenvalue weighted by Crippen LogP contribution is 2.55. The second-order valence-corrected chi connectivity index (χ2v) is 10.2. The first kappa shape index (κ1) is 21.5. The van der Waals surface area contributed by atoms with Crippen molar-refractivity contribution in [3.8, 4) is 11.5 Å². The Balaban J connectivity index is 1.78. The Morgan fingerprint density at radius 2 is 1.94 bits per heavy atom. The maximum atomic E-state index is 11.5. The molecular formula is C27H33NO3. The van der Waals surface area contributed by atoms with Crippen molar-refractivity contribution in [1.82, 2.24) is 0 Å². The van der Waals surface area contributed by atoms with Crippen LogP contribution >= 0.6 is 0 Å². The highest BCUT2D eigenvalue weighted by atomic mass is 16.5. The molecule has 4 nitrogen and oxygen atoms in total. The van der Waals surface area contributed by atoms with Gasteiger partial charge in [-0.1, -0.05) is 37.6 Å². The first-order chi connectivity index (χ1) is 14.5. The van der Waals surface area contributed by atoms with E-state index in [-0.39, 0.29) is 22.8 Å². The average Bonchev–Trinajstić information content (AvgIpc) is 2.66. The fourth-order valence-corrected chi connectivity index (χ4v) is 5.28. The lowest BCUT2D eigenvalue weighted by Crippen LogP contribution is -2.45. The lowest BCUT2D eigenvalue weighted by atomic mass is 9.66. The van der Waals surface area contributed by atoms with E-state index in [0.717, 1.165) is 41.0 Å². The fraction of sp³-hybridized carbons (Fsp3) is 0.444. The minimum absolute atomic E-state index is 0.0941. The Hall–Kier alpha value is -2.75. The summed E-state index contributed by atoms with van der Waals surface area (Å²) < 4.78 is 6.51. The van der Waals surface area contributed by atoms with Gasteiger partial charge in [-0.15, -0.1) is 0 Å². The molecule has 164 valence electrons. The Labute approximate surface area is 185 Å². The SMILES string of the molecule is CC(=O)Nc1cccc(C(C)(C)c2cc(O)c3c(c2)OC(C)(C)[C@@H]2CC=C(C)C[C@@H]32)c1. The zero-order valence-corrected chi connectivity index (χ0v) is 19.4. The Kier molecular flexibility index (Phi) is 5.15. The van der Waals surface area contributed by atoms with Crippen LogP contribution in [0.15, 0.2) is 48.0 Å². The summed E-state index contributed by atoms with van der Waals surface area (Å²) in [5.41, 5.74) is 4.46. The largest absolute Gasteiger partial charge is 0.508 e. The van der Waals surface area contributed by atoms with Crippen LogP contribution in [0.4, 0.5) is 5.69 Å². The number of phenolic OH excluding ortho intramolecular Hbond substituents is 1. The third kappa shape index (κ3) is 3.84. The molecule has 0 radical (unpaired) electrons. The van der Waals surface area contributed by atoms with Crippen LogP contribution in [0.5, 0.6) is 11.5 Å². The highest BCUT2D eigenvalue weighted by Gasteiger charge is 2.46. The van der Waals surface area contributed by atoms with Gasteiger partial charge in [0, 0.05) is 35.4 Å². The Bertz CT molecular complexity index is 1060. The number of ether oxygens (including phenoxy) is 1. The predicted molar refractivity (Wildman–Crippen MR) is 125 cm³/mol. The van der Waals surface area contributed by atoms with Crippen LogP contribution < -0.4 is 10.1 Å². The standard InChI is InChI=1S/C27H33NO3/c1-16-10-11-22-21(12-16)25-23(30)14-19(15-24(25)31-27(22,5)6)26(3,4)18-8-7-9-20(13-18)28-17(2)29/h7-10,13-15,21-22,30H,11-12H2,1-6H3,(H,28,29)/t21-,22-/m1/s1. The maximum Gasteiger partial charge on any atom is 0.221 e. The van der Waals surface area contributed by atoms with Crippen molar-refractivity contribution in [2.75, 3.05) is 5.32 Å². The number of amides is 1. The first-order valence-electron chi connectivity index (χ1n) is 11.1. The third-order valence-electron chi connectivity index (χ3n) is 7.13. The number of nitrogens with one attached hydrogen (secondary N) is 1. The van der Waals surface area contributed by atoms with E-state index in [2.05, 4.69) is 58.1 Å². The summed E-state index contributed by atoms with van der Waals surface area (Å²) in [6.07, 6.45) is 4.25. The first-order valence-corrected chi connectivity index (χ1v) is 11.1. The van der Waals surface area contributed by atoms with E-state index in [1.165, 1.54) is 12.5 Å². The number of hydrogen-bond donors (Lipinski definition) is 2. The second-order valence-electron chi connectivity index (χ2n) is 10.2. The van der Waals surface area contributed by atoms with Crippen molar-refractivity contribution in [2.45, 2.75) is 71.3 Å². The molecule has 0 spiro atoms. The number of carbonyl (C=O) groups is 1. The molecule has 1 aliphatic heterocycles. The van der Waals surface area contributed by atoms with Gasteiger partial charge in [-0.05, 0) is 69.0 Å². The summed E-state index contributed by atoms with van der Waals surface area (Å²) in [7, 11) is 0. The third-order valence-corrected chi connectivity index (χ3v) is 7.13. The summed E-state index contributed by atoms with van der Waals surface area (Å²) in [6.45, 7) is 12.3. The molecule has 0 saturated heterocycles. The number of rotatable bonds is 3. The van der Waals surface area contributed by atoms with Gasteiger partial charge in [-0.3, -0.25) is 4.79 Å². The summed E-state index contributed by atoms with van der Waals surface area (Å²) in [5.74, 6) is 1.64. The van der Waals surface area contributed by atoms with Crippen LogP contribution in [0, 0.1) is 5.92 Å². The molecule has 4 rings (SSSR count). The summed E-state index contributed by atoms with van der Waals surface area (Å²) in [4.78, 5) is 11.5. The lowest BCUT2D eigenvalue weighted by molar-refractivity contribution is -0.114. The molecule has 4 heteroatoms. The van der Waals surface area contributed by atoms with Gasteiger partial charge < -0.3 is 15.2 Å². The minimum atomic E-state index is -0.381. The lowest BCUT2D eigenvalue weighted by Gasteiger charge is -2.47. The average molecular weight is 420 g/mol. The number of hydrogen-bond acceptors (Lipinski definition) is 3. The Morgan fingerprint density at radius 3 is 2.65 bits per heavy atom. The topological polar surface area (TPSA) is 58.6 Å². The van der Waals surface area contributed by atoms with Gasteiger partial charge in [-0.25, -0.2) is 0 Å². The van der Waals surface area contributed by atoms with E-state index in [1.54, 1.807) is 0 Å². The molecule has 1 amide bonds. The van der Waals surface area contributed by atoms with Gasteiger partial charge in [0.1, 0.15) is 17.1 Å². The van der Waals surface area contributed by atoms with Gasteiger partial charge >= 0.3 is 0 Å². The zero-order valence-electron chi connectivity index (χ0n) is 19.4. The van der Waals surface area contributed by atoms with Gasteiger partial charge in [-0.2, -0.15) is 0 Å². The van der Waals surface area contributed by atoms with Crippen molar-refractivity contribution >= 4 is 11.6 Å². The highest BCUT2D eigenvalue weighted by molar-refractivity contribution is 5.88. The van der Waals surface area contributed by atoms with Crippen molar-refractivity contribution in [1.29, 1.82) is 0 Å². The molecule has 0 aromatic heterocycles. The molecule has 2 aromatic carbocycles. The summed E-state index contributed by atoms with van der Waals surface area (Å²) >= 11 is 0. The van der Waals surface area contributed by atoms with Gasteiger partial charge in [0.15, 0.2) is 0 Å². The fourth-order valence-electron chi connectivity index (χ4n) is 5.28. The van der Waals surface area contributed by atoms with Crippen LogP contribution in [0.25, 0.3) is 0 Å². The van der Waals surface area contributed by atoms with E-state index < -0.39 is 0 Å². The zero-order chi connectivity index (χ0) is 22.6. The maximum absolute atomic E-state index is 11.5. The van der Waals surface area contributed by atoms with Crippen LogP contribution in [0.2, 0.25) is 0 Å². The van der Waals surface area contributed by atoms with Crippen LogP contribution in [-0.2, 0) is 10.2 Å². The Morgan fingerprint density at radius 1 is 1.19 bits per heavy atom.